The molecular weight excluding hydrogens is 521 g/mol. The fraction of sp³-hybridized carbons (Fsp3) is 0.286. The van der Waals surface area contributed by atoms with Crippen LogP contribution in [0.15, 0.2) is 60.7 Å². The number of rotatable bonds is 5. The number of hydrogen-bond donors (Lipinski definition) is 3. The van der Waals surface area contributed by atoms with Crippen LogP contribution in [-0.2, 0) is 17.5 Å². The second kappa shape index (κ2) is 9.85. The number of piperidine rings is 1. The normalized spacial score (nSPS) is 14.8. The van der Waals surface area contributed by atoms with E-state index in [1.165, 1.54) is 13.0 Å². The molecule has 0 spiro atoms. The molecule has 1 fully saturated rings. The molecule has 0 bridgehead atoms. The van der Waals surface area contributed by atoms with Crippen molar-refractivity contribution in [3.63, 3.8) is 0 Å². The molecule has 40 heavy (non-hydrogen) atoms. The first kappa shape index (κ1) is 25.7. The Balaban J connectivity index is 1.31. The summed E-state index contributed by atoms with van der Waals surface area (Å²) in [5, 5.41) is 22.8. The van der Waals surface area contributed by atoms with Crippen LogP contribution in [-0.4, -0.2) is 43.5 Å². The molecule has 2 aromatic heterocycles. The summed E-state index contributed by atoms with van der Waals surface area (Å²) in [6, 6.07) is 17.1. The third kappa shape index (κ3) is 4.59. The zero-order chi connectivity index (χ0) is 28.0. The van der Waals surface area contributed by atoms with E-state index in [4.69, 9.17) is 5.41 Å². The van der Waals surface area contributed by atoms with Gasteiger partial charge in [-0.2, -0.15) is 13.2 Å². The largest absolute Gasteiger partial charge is 0.416 e. The lowest BCUT2D eigenvalue weighted by atomic mass is 10.0. The van der Waals surface area contributed by atoms with E-state index in [-0.39, 0.29) is 11.9 Å². The highest BCUT2D eigenvalue weighted by atomic mass is 19.4. The summed E-state index contributed by atoms with van der Waals surface area (Å²) in [4.78, 5) is 13.6. The number of para-hydroxylation sites is 2. The van der Waals surface area contributed by atoms with Gasteiger partial charge in [0.25, 0.3) is 0 Å². The Bertz CT molecular complexity index is 1780. The van der Waals surface area contributed by atoms with Crippen LogP contribution < -0.4 is 15.8 Å². The Hall–Kier alpha value is -4.61. The highest BCUT2D eigenvalue weighted by Crippen LogP contribution is 2.38. The van der Waals surface area contributed by atoms with Gasteiger partial charge in [-0.3, -0.25) is 15.3 Å². The Morgan fingerprint density at radius 1 is 1.07 bits per heavy atom. The zero-order valence-electron chi connectivity index (χ0n) is 21.7. The van der Waals surface area contributed by atoms with E-state index in [1.807, 2.05) is 56.5 Å². The van der Waals surface area contributed by atoms with Crippen molar-refractivity contribution >= 4 is 39.3 Å². The number of hydrogen-bond acceptors (Lipinski definition) is 5. The van der Waals surface area contributed by atoms with Gasteiger partial charge >= 0.3 is 6.18 Å². The van der Waals surface area contributed by atoms with Gasteiger partial charge in [0.05, 0.1) is 40.0 Å². The van der Waals surface area contributed by atoms with Gasteiger partial charge in [0.2, 0.25) is 11.5 Å². The summed E-state index contributed by atoms with van der Waals surface area (Å²) in [7, 11) is 0. The van der Waals surface area contributed by atoms with Crippen molar-refractivity contribution in [2.24, 2.45) is 0 Å². The first-order valence-electron chi connectivity index (χ1n) is 13.0. The standard InChI is InChI=1S/C28H27F3N8O/c1-17(40)33-21-10-9-19(28(29,30)31)15-25(21)37-13-11-20(12-14-37)39-24-8-3-2-7-23(24)38(27(39)32)16-18-5-4-6-22-26(18)35-36-34-22/h2-10,15,20,32H,11-14,16H2,1H3,(H,33,40)(H,34,35,36). The van der Waals surface area contributed by atoms with Gasteiger partial charge in [-0.25, -0.2) is 0 Å². The van der Waals surface area contributed by atoms with Gasteiger partial charge < -0.3 is 19.4 Å². The molecule has 0 unspecified atom stereocenters. The highest BCUT2D eigenvalue weighted by molar-refractivity contribution is 5.93. The first-order valence-corrected chi connectivity index (χ1v) is 13.0. The molecule has 3 aromatic carbocycles. The molecule has 9 nitrogen and oxygen atoms in total. The average Bonchev–Trinajstić information content (AvgIpc) is 3.52. The second-order valence-electron chi connectivity index (χ2n) is 10.0. The SMILES string of the molecule is CC(=O)Nc1ccc(C(F)(F)F)cc1N1CCC(n2c(=N)n(Cc3cccc4[nH]nnc34)c3ccccc32)CC1. The molecule has 0 saturated carbocycles. The molecule has 12 heteroatoms. The Morgan fingerprint density at radius 2 is 1.82 bits per heavy atom. The van der Waals surface area contributed by atoms with E-state index < -0.39 is 11.7 Å². The smallest absolute Gasteiger partial charge is 0.370 e. The minimum absolute atomic E-state index is 0.0206. The Labute approximate surface area is 226 Å². The molecule has 3 N–H and O–H groups in total. The van der Waals surface area contributed by atoms with Crippen molar-refractivity contribution in [3.05, 3.63) is 77.4 Å². The zero-order valence-corrected chi connectivity index (χ0v) is 21.7. The maximum absolute atomic E-state index is 13.5. The molecule has 5 aromatic rings. The average molecular weight is 549 g/mol. The Morgan fingerprint density at radius 3 is 2.55 bits per heavy atom. The number of nitrogens with zero attached hydrogens (tertiary/aromatic N) is 5. The van der Waals surface area contributed by atoms with Crippen LogP contribution in [0.1, 0.15) is 36.9 Å². The summed E-state index contributed by atoms with van der Waals surface area (Å²) < 4.78 is 44.4. The summed E-state index contributed by atoms with van der Waals surface area (Å²) in [6.45, 7) is 2.73. The van der Waals surface area contributed by atoms with Crippen LogP contribution in [0.2, 0.25) is 0 Å². The number of nitrogens with one attached hydrogen (secondary N) is 3. The van der Waals surface area contributed by atoms with E-state index in [1.54, 1.807) is 0 Å². The molecule has 1 aliphatic rings. The number of imidazole rings is 1. The van der Waals surface area contributed by atoms with Gasteiger partial charge in [-0.05, 0) is 49.2 Å². The maximum atomic E-state index is 13.5. The lowest BCUT2D eigenvalue weighted by Gasteiger charge is -2.35. The summed E-state index contributed by atoms with van der Waals surface area (Å²) in [5.74, 6) is -0.348. The van der Waals surface area contributed by atoms with Crippen LogP contribution in [0, 0.1) is 5.41 Å². The van der Waals surface area contributed by atoms with Gasteiger partial charge in [-0.1, -0.05) is 29.5 Å². The quantitative estimate of drug-likeness (QED) is 0.285. The number of halogens is 3. The fourth-order valence-corrected chi connectivity index (χ4v) is 5.64. The van der Waals surface area contributed by atoms with Gasteiger partial charge in [-0.15, -0.1) is 5.10 Å². The number of aromatic nitrogens is 5. The van der Waals surface area contributed by atoms with Crippen molar-refractivity contribution in [2.75, 3.05) is 23.3 Å². The van der Waals surface area contributed by atoms with Gasteiger partial charge in [0.15, 0.2) is 0 Å². The molecule has 1 amide bonds. The van der Waals surface area contributed by atoms with Crippen LogP contribution in [0.3, 0.4) is 0 Å². The highest BCUT2D eigenvalue weighted by Gasteiger charge is 2.33. The molecule has 206 valence electrons. The number of benzene rings is 3. The van der Waals surface area contributed by atoms with Crippen molar-refractivity contribution in [1.82, 2.24) is 24.5 Å². The molecule has 0 aliphatic carbocycles. The maximum Gasteiger partial charge on any atom is 0.416 e. The molecule has 3 heterocycles. The minimum atomic E-state index is -4.49. The predicted molar refractivity (Wildman–Crippen MR) is 145 cm³/mol. The van der Waals surface area contributed by atoms with E-state index in [9.17, 15) is 18.0 Å². The lowest BCUT2D eigenvalue weighted by Crippen LogP contribution is -2.38. The fourth-order valence-electron chi connectivity index (χ4n) is 5.64. The van der Waals surface area contributed by atoms with E-state index in [0.717, 1.165) is 39.8 Å². The number of H-pyrrole nitrogens is 1. The molecule has 6 rings (SSSR count). The van der Waals surface area contributed by atoms with E-state index in [0.29, 0.717) is 49.5 Å². The number of anilines is 2. The first-order chi connectivity index (χ1) is 19.2. The van der Waals surface area contributed by atoms with Gasteiger partial charge in [0.1, 0.15) is 5.52 Å². The number of carbonyl (C=O) groups is 1. The number of alkyl halides is 3. The Kier molecular flexibility index (Phi) is 6.32. The topological polar surface area (TPSA) is 108 Å². The van der Waals surface area contributed by atoms with E-state index in [2.05, 4.69) is 20.7 Å². The lowest BCUT2D eigenvalue weighted by molar-refractivity contribution is -0.137. The summed E-state index contributed by atoms with van der Waals surface area (Å²) in [5.41, 5.74) is 4.67. The van der Waals surface area contributed by atoms with Crippen molar-refractivity contribution in [1.29, 1.82) is 5.41 Å². The number of amides is 1. The third-order valence-electron chi connectivity index (χ3n) is 7.49. The molecule has 1 aliphatic heterocycles. The molecular formula is C28H27F3N8O. The van der Waals surface area contributed by atoms with Crippen LogP contribution in [0.25, 0.3) is 22.1 Å². The third-order valence-corrected chi connectivity index (χ3v) is 7.49. The van der Waals surface area contributed by atoms with Crippen molar-refractivity contribution in [3.8, 4) is 0 Å². The number of carbonyl (C=O) groups excluding carboxylic acids is 1. The second-order valence-corrected chi connectivity index (χ2v) is 10.0. The molecule has 0 radical (unpaired) electrons. The minimum Gasteiger partial charge on any atom is -0.370 e. The molecule has 0 atom stereocenters. The van der Waals surface area contributed by atoms with Crippen molar-refractivity contribution in [2.45, 2.75) is 38.5 Å². The van der Waals surface area contributed by atoms with Crippen LogP contribution >= 0.6 is 0 Å². The van der Waals surface area contributed by atoms with Crippen LogP contribution in [0.5, 0.6) is 0 Å². The number of aromatic amines is 1. The monoisotopic (exact) mass is 548 g/mol. The molecule has 1 saturated heterocycles. The van der Waals surface area contributed by atoms with Crippen molar-refractivity contribution < 1.29 is 18.0 Å². The summed E-state index contributed by atoms with van der Waals surface area (Å²) in [6.07, 6.45) is -3.24. The van der Waals surface area contributed by atoms with Gasteiger partial charge in [0, 0.05) is 31.6 Å². The predicted octanol–water partition coefficient (Wildman–Crippen LogP) is 5.06. The van der Waals surface area contributed by atoms with Crippen LogP contribution in [0.4, 0.5) is 24.5 Å². The van der Waals surface area contributed by atoms with E-state index >= 15 is 0 Å². The summed E-state index contributed by atoms with van der Waals surface area (Å²) >= 11 is 0. The number of fused-ring (bicyclic) bond motifs is 2.